The monoisotopic (exact) mass is 530 g/mol. The zero-order chi connectivity index (χ0) is 27.2. The summed E-state index contributed by atoms with van der Waals surface area (Å²) in [6.45, 7) is 8.69. The molecule has 3 aromatic rings. The summed E-state index contributed by atoms with van der Waals surface area (Å²) in [7, 11) is 0. The maximum Gasteiger partial charge on any atom is 0.266 e. The van der Waals surface area contributed by atoms with E-state index in [4.69, 9.17) is 4.74 Å². The molecule has 1 aromatic heterocycles. The average molecular weight is 531 g/mol. The summed E-state index contributed by atoms with van der Waals surface area (Å²) in [6, 6.07) is 16.0. The first-order chi connectivity index (χ1) is 18.9. The first-order valence-corrected chi connectivity index (χ1v) is 13.8. The van der Waals surface area contributed by atoms with E-state index in [0.717, 1.165) is 54.9 Å². The second-order valence-corrected chi connectivity index (χ2v) is 10.8. The van der Waals surface area contributed by atoms with Gasteiger partial charge in [0, 0.05) is 69.3 Å². The molecule has 0 radical (unpaired) electrons. The number of ether oxygens (including phenoxy) is 1. The molecule has 2 aliphatic heterocycles. The van der Waals surface area contributed by atoms with Crippen molar-refractivity contribution in [3.8, 4) is 16.9 Å². The Labute approximate surface area is 229 Å². The van der Waals surface area contributed by atoms with Crippen LogP contribution in [0.4, 0.5) is 5.69 Å². The number of rotatable bonds is 8. The van der Waals surface area contributed by atoms with E-state index >= 15 is 0 Å². The van der Waals surface area contributed by atoms with E-state index in [1.54, 1.807) is 6.20 Å². The van der Waals surface area contributed by atoms with Gasteiger partial charge in [0.2, 0.25) is 5.91 Å². The Hall–Kier alpha value is -3.85. The molecule has 0 bridgehead atoms. The summed E-state index contributed by atoms with van der Waals surface area (Å²) in [4.78, 5) is 30.2. The minimum atomic E-state index is -0.961. The van der Waals surface area contributed by atoms with Gasteiger partial charge in [0.25, 0.3) is 5.91 Å². The number of benzene rings is 2. The highest BCUT2D eigenvalue weighted by Crippen LogP contribution is 2.29. The number of hydrogen-bond acceptors (Lipinski definition) is 6. The van der Waals surface area contributed by atoms with Crippen molar-refractivity contribution in [1.82, 2.24) is 25.7 Å². The molecule has 5 rings (SSSR count). The Bertz CT molecular complexity index is 1250. The normalized spacial score (nSPS) is 18.1. The zero-order valence-corrected chi connectivity index (χ0v) is 22.8. The summed E-state index contributed by atoms with van der Waals surface area (Å²) in [5.41, 5.74) is 3.23. The second kappa shape index (κ2) is 11.9. The van der Waals surface area contributed by atoms with E-state index < -0.39 is 5.60 Å². The number of nitrogens with one attached hydrogen (secondary N) is 3. The van der Waals surface area contributed by atoms with Gasteiger partial charge in [0.1, 0.15) is 5.75 Å². The van der Waals surface area contributed by atoms with E-state index in [-0.39, 0.29) is 17.7 Å². The van der Waals surface area contributed by atoms with Gasteiger partial charge in [-0.25, -0.2) is 0 Å². The van der Waals surface area contributed by atoms with E-state index in [2.05, 4.69) is 25.7 Å². The molecule has 9 nitrogen and oxygen atoms in total. The number of carbonyl (C=O) groups excluding carboxylic acids is 2. The number of carbonyl (C=O) groups is 2. The molecule has 1 atom stereocenters. The van der Waals surface area contributed by atoms with Gasteiger partial charge in [-0.3, -0.25) is 14.7 Å². The SMILES string of the molecule is CC(C)(Oc1cccc(N2CCCC(C(=O)NCc3ccc(-c4cn[nH]c4)cc3)C2)c1)C(=O)N1CCNCC1. The van der Waals surface area contributed by atoms with Crippen LogP contribution in [0.25, 0.3) is 11.1 Å². The molecule has 3 N–H and O–H groups in total. The van der Waals surface area contributed by atoms with Crippen LogP contribution in [0.2, 0.25) is 0 Å². The number of H-pyrrole nitrogens is 1. The number of amides is 2. The predicted octanol–water partition coefficient (Wildman–Crippen LogP) is 3.20. The summed E-state index contributed by atoms with van der Waals surface area (Å²) in [6.07, 6.45) is 5.46. The Morgan fingerprint density at radius 3 is 2.62 bits per heavy atom. The lowest BCUT2D eigenvalue weighted by atomic mass is 9.96. The van der Waals surface area contributed by atoms with Crippen molar-refractivity contribution in [2.75, 3.05) is 44.2 Å². The van der Waals surface area contributed by atoms with Crippen molar-refractivity contribution in [2.24, 2.45) is 5.92 Å². The number of aromatic amines is 1. The van der Waals surface area contributed by atoms with Gasteiger partial charge < -0.3 is 25.2 Å². The van der Waals surface area contributed by atoms with Crippen LogP contribution >= 0.6 is 0 Å². The Kier molecular flexibility index (Phi) is 8.16. The van der Waals surface area contributed by atoms with E-state index in [1.807, 2.05) is 73.5 Å². The fourth-order valence-corrected chi connectivity index (χ4v) is 5.31. The van der Waals surface area contributed by atoms with Crippen molar-refractivity contribution >= 4 is 17.5 Å². The lowest BCUT2D eigenvalue weighted by Gasteiger charge is -2.36. The zero-order valence-electron chi connectivity index (χ0n) is 22.8. The number of piperidine rings is 1. The third-order valence-electron chi connectivity index (χ3n) is 7.52. The van der Waals surface area contributed by atoms with Crippen LogP contribution in [-0.4, -0.2) is 71.8 Å². The van der Waals surface area contributed by atoms with Gasteiger partial charge in [-0.15, -0.1) is 0 Å². The van der Waals surface area contributed by atoms with Gasteiger partial charge in [-0.1, -0.05) is 30.3 Å². The predicted molar refractivity (Wildman–Crippen MR) is 151 cm³/mol. The molecule has 3 heterocycles. The van der Waals surface area contributed by atoms with Gasteiger partial charge in [-0.05, 0) is 49.9 Å². The molecule has 39 heavy (non-hydrogen) atoms. The smallest absolute Gasteiger partial charge is 0.266 e. The van der Waals surface area contributed by atoms with Crippen LogP contribution < -0.4 is 20.3 Å². The van der Waals surface area contributed by atoms with E-state index in [0.29, 0.717) is 31.9 Å². The molecule has 0 aliphatic carbocycles. The van der Waals surface area contributed by atoms with Crippen LogP contribution in [0.3, 0.4) is 0 Å². The van der Waals surface area contributed by atoms with Gasteiger partial charge in [0.05, 0.1) is 12.1 Å². The van der Waals surface area contributed by atoms with Gasteiger partial charge in [-0.2, -0.15) is 5.10 Å². The average Bonchev–Trinajstić information content (AvgIpc) is 3.51. The van der Waals surface area contributed by atoms with Crippen molar-refractivity contribution in [3.05, 3.63) is 66.5 Å². The van der Waals surface area contributed by atoms with Crippen LogP contribution in [-0.2, 0) is 16.1 Å². The van der Waals surface area contributed by atoms with Crippen molar-refractivity contribution in [2.45, 2.75) is 38.8 Å². The molecule has 2 fully saturated rings. The lowest BCUT2D eigenvalue weighted by Crippen LogP contribution is -2.54. The molecule has 2 aromatic carbocycles. The molecule has 2 aliphatic rings. The number of piperazine rings is 1. The first-order valence-electron chi connectivity index (χ1n) is 13.8. The van der Waals surface area contributed by atoms with Crippen molar-refractivity contribution in [3.63, 3.8) is 0 Å². The summed E-state index contributed by atoms with van der Waals surface area (Å²) in [5.74, 6) is 0.652. The third kappa shape index (κ3) is 6.60. The third-order valence-corrected chi connectivity index (χ3v) is 7.52. The van der Waals surface area contributed by atoms with Crippen LogP contribution in [0.5, 0.6) is 5.75 Å². The highest BCUT2D eigenvalue weighted by molar-refractivity contribution is 5.85. The van der Waals surface area contributed by atoms with Gasteiger partial charge >= 0.3 is 0 Å². The second-order valence-electron chi connectivity index (χ2n) is 10.8. The minimum absolute atomic E-state index is 0.000212. The minimum Gasteiger partial charge on any atom is -0.478 e. The van der Waals surface area contributed by atoms with E-state index in [1.165, 1.54) is 0 Å². The highest BCUT2D eigenvalue weighted by Gasteiger charge is 2.35. The lowest BCUT2D eigenvalue weighted by molar-refractivity contribution is -0.146. The molecule has 9 heteroatoms. The molecule has 1 unspecified atom stereocenters. The molecule has 206 valence electrons. The highest BCUT2D eigenvalue weighted by atomic mass is 16.5. The first kappa shape index (κ1) is 26.7. The number of aromatic nitrogens is 2. The maximum absolute atomic E-state index is 13.1. The fourth-order valence-electron chi connectivity index (χ4n) is 5.31. The molecule has 2 saturated heterocycles. The number of anilines is 1. The quantitative estimate of drug-likeness (QED) is 0.414. The standard InChI is InChI=1S/C30H38N6O3/c1-30(2,29(38)35-15-12-31-13-16-35)39-27-7-3-6-26(17-27)36-14-4-5-24(21-36)28(37)32-18-22-8-10-23(11-9-22)25-19-33-34-20-25/h3,6-11,17,19-20,24,31H,4-5,12-16,18,21H2,1-2H3,(H,32,37)(H,33,34). The van der Waals surface area contributed by atoms with Gasteiger partial charge in [0.15, 0.2) is 5.60 Å². The molecular formula is C30H38N6O3. The van der Waals surface area contributed by atoms with Crippen LogP contribution in [0, 0.1) is 5.92 Å². The van der Waals surface area contributed by atoms with Crippen LogP contribution in [0.1, 0.15) is 32.3 Å². The summed E-state index contributed by atoms with van der Waals surface area (Å²) < 4.78 is 6.22. The Morgan fingerprint density at radius 2 is 1.87 bits per heavy atom. The fraction of sp³-hybridized carbons (Fsp3) is 0.433. The largest absolute Gasteiger partial charge is 0.478 e. The molecule has 0 saturated carbocycles. The Morgan fingerprint density at radius 1 is 1.08 bits per heavy atom. The summed E-state index contributed by atoms with van der Waals surface area (Å²) >= 11 is 0. The van der Waals surface area contributed by atoms with Crippen LogP contribution in [0.15, 0.2) is 60.9 Å². The molecular weight excluding hydrogens is 492 g/mol. The maximum atomic E-state index is 13.1. The van der Waals surface area contributed by atoms with Crippen molar-refractivity contribution in [1.29, 1.82) is 0 Å². The van der Waals surface area contributed by atoms with E-state index in [9.17, 15) is 9.59 Å². The molecule has 0 spiro atoms. The Balaban J connectivity index is 1.16. The number of nitrogens with zero attached hydrogens (tertiary/aromatic N) is 3. The topological polar surface area (TPSA) is 103 Å². The van der Waals surface area contributed by atoms with Crippen molar-refractivity contribution < 1.29 is 14.3 Å². The number of hydrogen-bond donors (Lipinski definition) is 3. The molecule has 2 amide bonds. The summed E-state index contributed by atoms with van der Waals surface area (Å²) in [5, 5.41) is 13.2.